The highest BCUT2D eigenvalue weighted by Crippen LogP contribution is 2.39. The Kier molecular flexibility index (Phi) is 3.67. The second-order valence-electron chi connectivity index (χ2n) is 6.18. The summed E-state index contributed by atoms with van der Waals surface area (Å²) < 4.78 is 30.4. The van der Waals surface area contributed by atoms with Crippen molar-refractivity contribution in [2.75, 3.05) is 7.05 Å². The topological polar surface area (TPSA) is 46.6 Å². The van der Waals surface area contributed by atoms with Crippen LogP contribution in [0.15, 0.2) is 41.3 Å². The summed E-state index contributed by atoms with van der Waals surface area (Å²) in [5, 5.41) is 0. The molecule has 5 heteroatoms. The summed E-state index contributed by atoms with van der Waals surface area (Å²) in [6.45, 7) is 5.99. The Hall–Kier alpha value is -1.17. The summed E-state index contributed by atoms with van der Waals surface area (Å²) >= 11 is 0. The average molecular weight is 307 g/mol. The van der Waals surface area contributed by atoms with Gasteiger partial charge in [-0.2, -0.15) is 8.42 Å². The molecule has 0 aromatic heterocycles. The standard InChI is InChI=1S/C16H21NO3S/c1-11-4-6-14(7-5-11)21(18,19)20-16-10-13-8-12(2)9-15(16)17(13)3/h4-7,13,15-16H,2,8-10H2,1,3H3. The van der Waals surface area contributed by atoms with Gasteiger partial charge in [0.2, 0.25) is 0 Å². The van der Waals surface area contributed by atoms with E-state index in [1.807, 2.05) is 14.0 Å². The molecule has 2 fully saturated rings. The van der Waals surface area contributed by atoms with Crippen LogP contribution in [0.2, 0.25) is 0 Å². The fourth-order valence-corrected chi connectivity index (χ4v) is 4.48. The molecule has 114 valence electrons. The predicted octanol–water partition coefficient (Wildman–Crippen LogP) is 2.49. The van der Waals surface area contributed by atoms with E-state index in [9.17, 15) is 8.42 Å². The van der Waals surface area contributed by atoms with Crippen molar-refractivity contribution in [3.05, 3.63) is 42.0 Å². The Labute approximate surface area is 126 Å². The van der Waals surface area contributed by atoms with Crippen LogP contribution in [0.25, 0.3) is 0 Å². The third-order valence-corrected chi connectivity index (χ3v) is 5.96. The molecule has 4 nitrogen and oxygen atoms in total. The summed E-state index contributed by atoms with van der Waals surface area (Å²) in [6.07, 6.45) is 2.25. The van der Waals surface area contributed by atoms with E-state index in [1.54, 1.807) is 24.3 Å². The first-order valence-electron chi connectivity index (χ1n) is 7.25. The van der Waals surface area contributed by atoms with Gasteiger partial charge in [0.25, 0.3) is 10.1 Å². The summed E-state index contributed by atoms with van der Waals surface area (Å²) in [5.74, 6) is 0. The molecule has 3 unspecified atom stereocenters. The van der Waals surface area contributed by atoms with Crippen LogP contribution < -0.4 is 0 Å². The van der Waals surface area contributed by atoms with E-state index in [0.717, 1.165) is 24.8 Å². The van der Waals surface area contributed by atoms with Gasteiger partial charge in [0.05, 0.1) is 11.0 Å². The molecule has 3 atom stereocenters. The number of benzene rings is 1. The van der Waals surface area contributed by atoms with Gasteiger partial charge in [0.1, 0.15) is 0 Å². The van der Waals surface area contributed by atoms with Crippen LogP contribution in [0, 0.1) is 6.92 Å². The number of rotatable bonds is 3. The molecule has 0 radical (unpaired) electrons. The van der Waals surface area contributed by atoms with Gasteiger partial charge in [-0.15, -0.1) is 0 Å². The molecule has 2 bridgehead atoms. The van der Waals surface area contributed by atoms with Gasteiger partial charge in [0.15, 0.2) is 0 Å². The zero-order chi connectivity index (χ0) is 15.2. The average Bonchev–Trinajstić information content (AvgIpc) is 2.59. The van der Waals surface area contributed by atoms with Gasteiger partial charge < -0.3 is 0 Å². The lowest BCUT2D eigenvalue weighted by atomic mass is 9.99. The first-order valence-corrected chi connectivity index (χ1v) is 8.66. The van der Waals surface area contributed by atoms with Crippen molar-refractivity contribution in [2.45, 2.75) is 49.3 Å². The molecule has 0 N–H and O–H groups in total. The van der Waals surface area contributed by atoms with Gasteiger partial charge in [-0.05, 0) is 45.4 Å². The lowest BCUT2D eigenvalue weighted by Gasteiger charge is -2.33. The number of likely N-dealkylation sites (N-methyl/N-ethyl adjacent to an activating group) is 1. The second kappa shape index (κ2) is 5.23. The van der Waals surface area contributed by atoms with Crippen LogP contribution in [-0.2, 0) is 14.3 Å². The van der Waals surface area contributed by atoms with Gasteiger partial charge in [-0.3, -0.25) is 9.08 Å². The van der Waals surface area contributed by atoms with Gasteiger partial charge in [-0.1, -0.05) is 29.8 Å². The fraction of sp³-hybridized carbons (Fsp3) is 0.500. The van der Waals surface area contributed by atoms with Crippen LogP contribution in [0.3, 0.4) is 0 Å². The molecule has 3 rings (SSSR count). The Morgan fingerprint density at radius 1 is 1.24 bits per heavy atom. The quantitative estimate of drug-likeness (QED) is 0.636. The minimum absolute atomic E-state index is 0.122. The zero-order valence-corrected chi connectivity index (χ0v) is 13.3. The normalized spacial score (nSPS) is 29.8. The fourth-order valence-electron chi connectivity index (χ4n) is 3.37. The van der Waals surface area contributed by atoms with E-state index in [-0.39, 0.29) is 17.0 Å². The molecule has 2 aliphatic rings. The molecule has 2 heterocycles. The first-order chi connectivity index (χ1) is 9.87. The zero-order valence-electron chi connectivity index (χ0n) is 12.5. The van der Waals surface area contributed by atoms with Crippen LogP contribution in [0.1, 0.15) is 24.8 Å². The van der Waals surface area contributed by atoms with Crippen LogP contribution in [0.5, 0.6) is 0 Å². The highest BCUT2D eigenvalue weighted by molar-refractivity contribution is 7.86. The largest absolute Gasteiger partial charge is 0.297 e. The van der Waals surface area contributed by atoms with Crippen molar-refractivity contribution in [2.24, 2.45) is 0 Å². The summed E-state index contributed by atoms with van der Waals surface area (Å²) in [4.78, 5) is 2.47. The molecule has 0 saturated carbocycles. The molecule has 1 aromatic carbocycles. The van der Waals surface area contributed by atoms with Gasteiger partial charge in [0, 0.05) is 12.1 Å². The number of piperidine rings is 1. The van der Waals surface area contributed by atoms with E-state index < -0.39 is 10.1 Å². The molecule has 1 aromatic rings. The van der Waals surface area contributed by atoms with E-state index in [4.69, 9.17) is 4.18 Å². The predicted molar refractivity (Wildman–Crippen MR) is 81.6 cm³/mol. The molecule has 0 amide bonds. The van der Waals surface area contributed by atoms with E-state index in [2.05, 4.69) is 11.5 Å². The molecular formula is C16H21NO3S. The lowest BCUT2D eigenvalue weighted by molar-refractivity contribution is 0.138. The van der Waals surface area contributed by atoms with E-state index >= 15 is 0 Å². The molecule has 2 aliphatic heterocycles. The minimum Gasteiger partial charge on any atom is -0.297 e. The Bertz CT molecular complexity index is 651. The number of hydrogen-bond donors (Lipinski definition) is 0. The van der Waals surface area contributed by atoms with Crippen molar-refractivity contribution in [1.29, 1.82) is 0 Å². The summed E-state index contributed by atoms with van der Waals surface area (Å²) in [5.41, 5.74) is 2.23. The molecule has 21 heavy (non-hydrogen) atoms. The highest BCUT2D eigenvalue weighted by atomic mass is 32.2. The third kappa shape index (κ3) is 2.78. The minimum atomic E-state index is -3.70. The van der Waals surface area contributed by atoms with Crippen molar-refractivity contribution in [3.8, 4) is 0 Å². The molecule has 0 aliphatic carbocycles. The Morgan fingerprint density at radius 2 is 1.90 bits per heavy atom. The highest BCUT2D eigenvalue weighted by Gasteiger charge is 2.45. The number of aryl methyl sites for hydroxylation is 1. The number of nitrogens with zero attached hydrogens (tertiary/aromatic N) is 1. The van der Waals surface area contributed by atoms with Crippen LogP contribution in [-0.4, -0.2) is 38.6 Å². The lowest BCUT2D eigenvalue weighted by Crippen LogP contribution is -2.40. The van der Waals surface area contributed by atoms with Gasteiger partial charge in [-0.25, -0.2) is 0 Å². The maximum Gasteiger partial charge on any atom is 0.297 e. The van der Waals surface area contributed by atoms with Crippen molar-refractivity contribution < 1.29 is 12.6 Å². The summed E-state index contributed by atoms with van der Waals surface area (Å²) in [6, 6.07) is 7.27. The van der Waals surface area contributed by atoms with Crippen molar-refractivity contribution in [1.82, 2.24) is 4.90 Å². The second-order valence-corrected chi connectivity index (χ2v) is 7.75. The third-order valence-electron chi connectivity index (χ3n) is 4.61. The monoisotopic (exact) mass is 307 g/mol. The Balaban J connectivity index is 1.80. The number of hydrogen-bond acceptors (Lipinski definition) is 4. The van der Waals surface area contributed by atoms with Gasteiger partial charge >= 0.3 is 0 Å². The van der Waals surface area contributed by atoms with Crippen molar-refractivity contribution >= 4 is 10.1 Å². The molecule has 0 spiro atoms. The molecular weight excluding hydrogens is 286 g/mol. The summed E-state index contributed by atoms with van der Waals surface area (Å²) in [7, 11) is -1.65. The van der Waals surface area contributed by atoms with Crippen LogP contribution in [0.4, 0.5) is 0 Å². The SMILES string of the molecule is C=C1CC2CC(OS(=O)(=O)c3ccc(C)cc3)C(C1)N2C. The van der Waals surface area contributed by atoms with E-state index in [0.29, 0.717) is 6.04 Å². The number of fused-ring (bicyclic) bond motifs is 2. The molecule has 2 saturated heterocycles. The Morgan fingerprint density at radius 3 is 2.57 bits per heavy atom. The van der Waals surface area contributed by atoms with Crippen molar-refractivity contribution in [3.63, 3.8) is 0 Å². The van der Waals surface area contributed by atoms with E-state index in [1.165, 1.54) is 5.57 Å². The maximum absolute atomic E-state index is 12.4. The smallest absolute Gasteiger partial charge is 0.297 e. The first kappa shape index (κ1) is 14.8. The van der Waals surface area contributed by atoms with Crippen LogP contribution >= 0.6 is 0 Å². The maximum atomic E-state index is 12.4.